The van der Waals surface area contributed by atoms with Gasteiger partial charge in [0.25, 0.3) is 0 Å². The van der Waals surface area contributed by atoms with Crippen LogP contribution in [0.2, 0.25) is 0 Å². The summed E-state index contributed by atoms with van der Waals surface area (Å²) in [5.41, 5.74) is 7.19. The molecule has 1 aliphatic carbocycles. The number of nitrogens with two attached hydrogens (primary N) is 1. The molecule has 17 heavy (non-hydrogen) atoms. The first-order valence-electron chi connectivity index (χ1n) is 6.75. The zero-order chi connectivity index (χ0) is 12.3. The molecule has 0 fully saturated rings. The van der Waals surface area contributed by atoms with E-state index in [9.17, 15) is 5.11 Å². The van der Waals surface area contributed by atoms with E-state index in [0.29, 0.717) is 6.54 Å². The molecule has 1 aromatic heterocycles. The Kier molecular flexibility index (Phi) is 4.60. The van der Waals surface area contributed by atoms with Crippen LogP contribution >= 0.6 is 11.3 Å². The number of aryl methyl sites for hydroxylation is 2. The molecule has 0 spiro atoms. The molecule has 0 radical (unpaired) electrons. The lowest BCUT2D eigenvalue weighted by atomic mass is 9.98. The smallest absolute Gasteiger partial charge is 0.0922 e. The van der Waals surface area contributed by atoms with Crippen LogP contribution in [0.1, 0.15) is 54.0 Å². The third-order valence-corrected chi connectivity index (χ3v) is 5.14. The number of aliphatic hydroxyl groups excluding tert-OH is 1. The molecular formula is C14H23NOS. The molecule has 0 aliphatic heterocycles. The summed E-state index contributed by atoms with van der Waals surface area (Å²) in [6, 6.07) is 2.23. The first-order chi connectivity index (χ1) is 8.26. The molecule has 3 N–H and O–H groups in total. The molecule has 2 unspecified atom stereocenters. The van der Waals surface area contributed by atoms with Crippen molar-refractivity contribution in [3.8, 4) is 0 Å². The second-order valence-corrected chi connectivity index (χ2v) is 6.18. The van der Waals surface area contributed by atoms with Crippen LogP contribution in [0.3, 0.4) is 0 Å². The molecule has 1 aromatic rings. The van der Waals surface area contributed by atoms with Crippen LogP contribution < -0.4 is 5.73 Å². The molecule has 0 saturated carbocycles. The van der Waals surface area contributed by atoms with Gasteiger partial charge in [-0.05, 0) is 50.3 Å². The fourth-order valence-corrected chi connectivity index (χ4v) is 3.92. The Balaban J connectivity index is 2.16. The minimum absolute atomic E-state index is 0.206. The van der Waals surface area contributed by atoms with Gasteiger partial charge in [-0.3, -0.25) is 0 Å². The predicted molar refractivity (Wildman–Crippen MR) is 73.4 cm³/mol. The summed E-state index contributed by atoms with van der Waals surface area (Å²) >= 11 is 1.81. The van der Waals surface area contributed by atoms with Gasteiger partial charge in [-0.25, -0.2) is 0 Å². The van der Waals surface area contributed by atoms with Gasteiger partial charge in [-0.1, -0.05) is 13.3 Å². The van der Waals surface area contributed by atoms with E-state index < -0.39 is 0 Å². The minimum Gasteiger partial charge on any atom is -0.387 e. The summed E-state index contributed by atoms with van der Waals surface area (Å²) in [7, 11) is 0. The maximum absolute atomic E-state index is 10.3. The molecule has 0 bridgehead atoms. The largest absolute Gasteiger partial charge is 0.387 e. The summed E-state index contributed by atoms with van der Waals surface area (Å²) < 4.78 is 0. The SMILES string of the molecule is CCC(CN)C(O)c1cc2c(s1)CCCCC2. The molecule has 0 aromatic carbocycles. The van der Waals surface area contributed by atoms with Gasteiger partial charge in [0.2, 0.25) is 0 Å². The lowest BCUT2D eigenvalue weighted by molar-refractivity contribution is 0.113. The summed E-state index contributed by atoms with van der Waals surface area (Å²) in [4.78, 5) is 2.64. The fraction of sp³-hybridized carbons (Fsp3) is 0.714. The minimum atomic E-state index is -0.359. The second kappa shape index (κ2) is 5.98. The molecule has 0 saturated heterocycles. The van der Waals surface area contributed by atoms with Crippen LogP contribution in [-0.2, 0) is 12.8 Å². The van der Waals surface area contributed by atoms with Crippen molar-refractivity contribution in [2.45, 2.75) is 51.6 Å². The molecule has 1 heterocycles. The van der Waals surface area contributed by atoms with Gasteiger partial charge in [0.05, 0.1) is 6.10 Å². The molecule has 1 aliphatic rings. The summed E-state index contributed by atoms with van der Waals surface area (Å²) in [5, 5.41) is 10.3. The number of thiophene rings is 1. The quantitative estimate of drug-likeness (QED) is 0.810. The number of hydrogen-bond donors (Lipinski definition) is 2. The van der Waals surface area contributed by atoms with E-state index in [-0.39, 0.29) is 12.0 Å². The highest BCUT2D eigenvalue weighted by molar-refractivity contribution is 7.12. The van der Waals surface area contributed by atoms with E-state index in [1.807, 2.05) is 11.3 Å². The Hall–Kier alpha value is -0.380. The van der Waals surface area contributed by atoms with Crippen LogP contribution in [0.5, 0.6) is 0 Å². The topological polar surface area (TPSA) is 46.2 Å². The van der Waals surface area contributed by atoms with E-state index >= 15 is 0 Å². The predicted octanol–water partition coefficient (Wildman–Crippen LogP) is 3.04. The van der Waals surface area contributed by atoms with Crippen molar-refractivity contribution in [2.24, 2.45) is 11.7 Å². The summed E-state index contributed by atoms with van der Waals surface area (Å²) in [6.45, 7) is 2.67. The molecule has 2 atom stereocenters. The maximum Gasteiger partial charge on any atom is 0.0922 e. The summed E-state index contributed by atoms with van der Waals surface area (Å²) in [5.74, 6) is 0.206. The third-order valence-electron chi connectivity index (χ3n) is 3.83. The lowest BCUT2D eigenvalue weighted by Gasteiger charge is -2.18. The fourth-order valence-electron chi connectivity index (χ4n) is 2.59. The average molecular weight is 253 g/mol. The Morgan fingerprint density at radius 3 is 2.82 bits per heavy atom. The Bertz CT molecular complexity index is 334. The highest BCUT2D eigenvalue weighted by atomic mass is 32.1. The molecule has 96 valence electrons. The maximum atomic E-state index is 10.3. The Morgan fingerprint density at radius 1 is 1.35 bits per heavy atom. The van der Waals surface area contributed by atoms with Crippen molar-refractivity contribution >= 4 is 11.3 Å². The monoisotopic (exact) mass is 253 g/mol. The highest BCUT2D eigenvalue weighted by Gasteiger charge is 2.22. The van der Waals surface area contributed by atoms with Gasteiger partial charge in [0.1, 0.15) is 0 Å². The Morgan fingerprint density at radius 2 is 2.12 bits per heavy atom. The molecule has 3 heteroatoms. The van der Waals surface area contributed by atoms with Crippen LogP contribution in [0.15, 0.2) is 6.07 Å². The first-order valence-corrected chi connectivity index (χ1v) is 7.57. The lowest BCUT2D eigenvalue weighted by Crippen LogP contribution is -2.20. The average Bonchev–Trinajstić information content (AvgIpc) is 2.62. The van der Waals surface area contributed by atoms with Gasteiger partial charge in [0.15, 0.2) is 0 Å². The van der Waals surface area contributed by atoms with Gasteiger partial charge in [-0.15, -0.1) is 11.3 Å². The van der Waals surface area contributed by atoms with Crippen molar-refractivity contribution in [1.29, 1.82) is 0 Å². The van der Waals surface area contributed by atoms with E-state index in [4.69, 9.17) is 5.73 Å². The number of aliphatic hydroxyl groups is 1. The van der Waals surface area contributed by atoms with Gasteiger partial charge < -0.3 is 10.8 Å². The van der Waals surface area contributed by atoms with Crippen molar-refractivity contribution in [2.75, 3.05) is 6.54 Å². The van der Waals surface area contributed by atoms with E-state index in [1.165, 1.54) is 42.5 Å². The van der Waals surface area contributed by atoms with Crippen LogP contribution in [0.4, 0.5) is 0 Å². The number of hydrogen-bond acceptors (Lipinski definition) is 3. The molecule has 0 amide bonds. The van der Waals surface area contributed by atoms with E-state index in [2.05, 4.69) is 13.0 Å². The standard InChI is InChI=1S/C14H23NOS/c1-2-10(9-15)14(16)13-8-11-6-4-3-5-7-12(11)17-13/h8,10,14,16H,2-7,9,15H2,1H3. The third kappa shape index (κ3) is 2.90. The zero-order valence-corrected chi connectivity index (χ0v) is 11.4. The highest BCUT2D eigenvalue weighted by Crippen LogP contribution is 2.35. The molecule has 2 nitrogen and oxygen atoms in total. The zero-order valence-electron chi connectivity index (χ0n) is 10.6. The van der Waals surface area contributed by atoms with Gasteiger partial charge in [-0.2, -0.15) is 0 Å². The second-order valence-electron chi connectivity index (χ2n) is 5.01. The first kappa shape index (κ1) is 13.1. The molecule has 2 rings (SSSR count). The number of fused-ring (bicyclic) bond motifs is 1. The van der Waals surface area contributed by atoms with Crippen molar-refractivity contribution in [3.63, 3.8) is 0 Å². The van der Waals surface area contributed by atoms with Crippen molar-refractivity contribution in [1.82, 2.24) is 0 Å². The molecular weight excluding hydrogens is 230 g/mol. The normalized spacial score (nSPS) is 19.5. The summed E-state index contributed by atoms with van der Waals surface area (Å²) in [6.07, 6.45) is 6.93. The Labute approximate surface area is 108 Å². The van der Waals surface area contributed by atoms with Gasteiger partial charge in [0, 0.05) is 15.7 Å². The van der Waals surface area contributed by atoms with Crippen molar-refractivity contribution < 1.29 is 5.11 Å². The number of rotatable bonds is 4. The van der Waals surface area contributed by atoms with E-state index in [0.717, 1.165) is 11.3 Å². The van der Waals surface area contributed by atoms with Crippen LogP contribution in [0, 0.1) is 5.92 Å². The van der Waals surface area contributed by atoms with Gasteiger partial charge >= 0.3 is 0 Å². The van der Waals surface area contributed by atoms with Crippen molar-refractivity contribution in [3.05, 3.63) is 21.4 Å². The van der Waals surface area contributed by atoms with Crippen LogP contribution in [-0.4, -0.2) is 11.7 Å². The van der Waals surface area contributed by atoms with E-state index in [1.54, 1.807) is 0 Å². The van der Waals surface area contributed by atoms with Crippen LogP contribution in [0.25, 0.3) is 0 Å².